The molecule has 2 aliphatic rings. The fourth-order valence-electron chi connectivity index (χ4n) is 2.02. The standard InChI is InChI=1S/C8H12Cl2O4S3/c9-5-1-16(11,12)3-7(5)15-8-4-17(13,14)2-6(8)10/h5-8H,1-4H2/t5-,6+,7-,8-/m1/s1. The highest BCUT2D eigenvalue weighted by molar-refractivity contribution is 8.04. The summed E-state index contributed by atoms with van der Waals surface area (Å²) in [6.07, 6.45) is 0. The fourth-order valence-corrected chi connectivity index (χ4v) is 10.2. The van der Waals surface area contributed by atoms with Crippen LogP contribution in [0.1, 0.15) is 0 Å². The van der Waals surface area contributed by atoms with Gasteiger partial charge in [0.25, 0.3) is 0 Å². The Balaban J connectivity index is 2.04. The number of rotatable bonds is 2. The Morgan fingerprint density at radius 3 is 1.35 bits per heavy atom. The first-order valence-electron chi connectivity index (χ1n) is 5.03. The molecule has 0 bridgehead atoms. The van der Waals surface area contributed by atoms with Gasteiger partial charge in [-0.05, 0) is 0 Å². The molecule has 2 aliphatic heterocycles. The third-order valence-electron chi connectivity index (χ3n) is 2.82. The first-order valence-corrected chi connectivity index (χ1v) is 10.5. The highest BCUT2D eigenvalue weighted by Crippen LogP contribution is 2.37. The van der Waals surface area contributed by atoms with Crippen LogP contribution in [0.4, 0.5) is 0 Å². The van der Waals surface area contributed by atoms with Crippen LogP contribution < -0.4 is 0 Å². The molecule has 0 aromatic heterocycles. The molecule has 0 radical (unpaired) electrons. The summed E-state index contributed by atoms with van der Waals surface area (Å²) in [6, 6.07) is 0. The minimum atomic E-state index is -3.08. The molecule has 2 rings (SSSR count). The van der Waals surface area contributed by atoms with E-state index in [-0.39, 0.29) is 33.5 Å². The van der Waals surface area contributed by atoms with Gasteiger partial charge in [-0.1, -0.05) is 0 Å². The molecule has 4 atom stereocenters. The number of hydrogen-bond acceptors (Lipinski definition) is 5. The van der Waals surface area contributed by atoms with Gasteiger partial charge in [0, 0.05) is 10.5 Å². The van der Waals surface area contributed by atoms with Crippen LogP contribution in [0.2, 0.25) is 0 Å². The largest absolute Gasteiger partial charge is 0.229 e. The fraction of sp³-hybridized carbons (Fsp3) is 1.00. The zero-order chi connectivity index (χ0) is 12.8. The predicted octanol–water partition coefficient (Wildman–Crippen LogP) is 0.528. The van der Waals surface area contributed by atoms with E-state index in [1.165, 1.54) is 11.8 Å². The zero-order valence-corrected chi connectivity index (χ0v) is 12.7. The lowest BCUT2D eigenvalue weighted by atomic mass is 10.3. The minimum absolute atomic E-state index is 0.0198. The van der Waals surface area contributed by atoms with Crippen molar-refractivity contribution in [1.29, 1.82) is 0 Å². The molecule has 0 aromatic carbocycles. The van der Waals surface area contributed by atoms with Crippen molar-refractivity contribution in [2.24, 2.45) is 0 Å². The summed E-state index contributed by atoms with van der Waals surface area (Å²) < 4.78 is 45.5. The molecule has 0 amide bonds. The molecule has 9 heteroatoms. The van der Waals surface area contributed by atoms with Gasteiger partial charge in [0.05, 0.1) is 33.8 Å². The third-order valence-corrected chi connectivity index (χ3v) is 9.98. The van der Waals surface area contributed by atoms with Gasteiger partial charge in [-0.25, -0.2) is 16.8 Å². The lowest BCUT2D eigenvalue weighted by Gasteiger charge is -2.18. The Hall–Kier alpha value is 0.830. The first kappa shape index (κ1) is 14.2. The lowest BCUT2D eigenvalue weighted by molar-refractivity contribution is 0.600. The van der Waals surface area contributed by atoms with Crippen molar-refractivity contribution in [3.8, 4) is 0 Å². The van der Waals surface area contributed by atoms with Gasteiger partial charge in [0.15, 0.2) is 19.7 Å². The Kier molecular flexibility index (Phi) is 3.97. The van der Waals surface area contributed by atoms with E-state index in [0.29, 0.717) is 0 Å². The maximum Gasteiger partial charge on any atom is 0.152 e. The van der Waals surface area contributed by atoms with Gasteiger partial charge in [0.2, 0.25) is 0 Å². The molecule has 2 fully saturated rings. The summed E-state index contributed by atoms with van der Waals surface area (Å²) in [5.41, 5.74) is 0. The summed E-state index contributed by atoms with van der Waals surface area (Å²) in [5, 5.41) is -1.39. The first-order chi connectivity index (χ1) is 7.69. The smallest absolute Gasteiger partial charge is 0.152 e. The number of hydrogen-bond donors (Lipinski definition) is 0. The van der Waals surface area contributed by atoms with Gasteiger partial charge >= 0.3 is 0 Å². The molecule has 0 unspecified atom stereocenters. The second-order valence-corrected chi connectivity index (χ2v) is 11.3. The number of halogens is 2. The van der Waals surface area contributed by atoms with Crippen LogP contribution >= 0.6 is 35.0 Å². The second kappa shape index (κ2) is 4.74. The summed E-state index contributed by atoms with van der Waals surface area (Å²) in [6.45, 7) is 0. The van der Waals surface area contributed by atoms with E-state index >= 15 is 0 Å². The van der Waals surface area contributed by atoms with E-state index in [1.54, 1.807) is 0 Å². The zero-order valence-electron chi connectivity index (χ0n) is 8.75. The topological polar surface area (TPSA) is 68.3 Å². The molecular weight excluding hydrogens is 327 g/mol. The normalized spacial score (nSPS) is 43.9. The van der Waals surface area contributed by atoms with Crippen molar-refractivity contribution >= 4 is 54.6 Å². The van der Waals surface area contributed by atoms with Crippen LogP contribution in [0, 0.1) is 0 Å². The quantitative estimate of drug-likeness (QED) is 0.687. The van der Waals surface area contributed by atoms with Gasteiger partial charge in [0.1, 0.15) is 0 Å². The molecular formula is C8H12Cl2O4S3. The molecule has 0 spiro atoms. The van der Waals surface area contributed by atoms with E-state index in [9.17, 15) is 16.8 Å². The van der Waals surface area contributed by atoms with Crippen molar-refractivity contribution in [2.45, 2.75) is 21.3 Å². The summed E-state index contributed by atoms with van der Waals surface area (Å²) in [4.78, 5) is 0. The SMILES string of the molecule is O=S1(=O)C[C@@H](Cl)[C@H](S[C@@H]2CS(=O)(=O)C[C@@H]2Cl)C1. The third kappa shape index (κ3) is 3.43. The van der Waals surface area contributed by atoms with Crippen molar-refractivity contribution < 1.29 is 16.8 Å². The van der Waals surface area contributed by atoms with E-state index in [2.05, 4.69) is 0 Å². The van der Waals surface area contributed by atoms with Crippen LogP contribution in [0.3, 0.4) is 0 Å². The highest BCUT2D eigenvalue weighted by atomic mass is 35.5. The van der Waals surface area contributed by atoms with Crippen LogP contribution in [0.15, 0.2) is 0 Å². The van der Waals surface area contributed by atoms with Crippen LogP contribution in [0.5, 0.6) is 0 Å². The number of sulfone groups is 2. The molecule has 2 saturated heterocycles. The average Bonchev–Trinajstić information content (AvgIpc) is 2.50. The summed E-state index contributed by atoms with van der Waals surface area (Å²) in [7, 11) is -6.16. The molecule has 100 valence electrons. The molecule has 0 aliphatic carbocycles. The molecule has 4 nitrogen and oxygen atoms in total. The monoisotopic (exact) mass is 338 g/mol. The van der Waals surface area contributed by atoms with Crippen molar-refractivity contribution in [3.63, 3.8) is 0 Å². The molecule has 17 heavy (non-hydrogen) atoms. The van der Waals surface area contributed by atoms with E-state index < -0.39 is 30.4 Å². The molecule has 0 saturated carbocycles. The van der Waals surface area contributed by atoms with E-state index in [0.717, 1.165) is 0 Å². The summed E-state index contributed by atoms with van der Waals surface area (Å²) in [5.74, 6) is -0.0186. The van der Waals surface area contributed by atoms with Crippen molar-refractivity contribution in [3.05, 3.63) is 0 Å². The molecule has 2 heterocycles. The highest BCUT2D eigenvalue weighted by Gasteiger charge is 2.43. The van der Waals surface area contributed by atoms with Crippen molar-refractivity contribution in [2.75, 3.05) is 23.0 Å². The predicted molar refractivity (Wildman–Crippen MR) is 71.8 cm³/mol. The van der Waals surface area contributed by atoms with Crippen LogP contribution in [-0.4, -0.2) is 61.1 Å². The van der Waals surface area contributed by atoms with Gasteiger partial charge in [-0.15, -0.1) is 35.0 Å². The van der Waals surface area contributed by atoms with Gasteiger partial charge < -0.3 is 0 Å². The maximum atomic E-state index is 11.4. The van der Waals surface area contributed by atoms with Gasteiger partial charge in [-0.2, -0.15) is 0 Å². The Morgan fingerprint density at radius 1 is 0.765 bits per heavy atom. The minimum Gasteiger partial charge on any atom is -0.229 e. The molecule has 0 aromatic rings. The Labute approximate surface area is 115 Å². The van der Waals surface area contributed by atoms with Crippen LogP contribution in [0.25, 0.3) is 0 Å². The van der Waals surface area contributed by atoms with E-state index in [4.69, 9.17) is 23.2 Å². The average molecular weight is 339 g/mol. The number of alkyl halides is 2. The van der Waals surface area contributed by atoms with E-state index in [1.807, 2.05) is 0 Å². The number of thioether (sulfide) groups is 1. The molecule has 0 N–H and O–H groups in total. The Morgan fingerprint density at radius 2 is 1.12 bits per heavy atom. The Bertz CT molecular complexity index is 455. The van der Waals surface area contributed by atoms with Crippen molar-refractivity contribution in [1.82, 2.24) is 0 Å². The summed E-state index contributed by atoms with van der Waals surface area (Å²) >= 11 is 13.2. The maximum absolute atomic E-state index is 11.4. The van der Waals surface area contributed by atoms with Gasteiger partial charge in [-0.3, -0.25) is 0 Å². The lowest BCUT2D eigenvalue weighted by Crippen LogP contribution is -2.24. The van der Waals surface area contributed by atoms with Crippen LogP contribution in [-0.2, 0) is 19.7 Å². The second-order valence-electron chi connectivity index (χ2n) is 4.40.